The van der Waals surface area contributed by atoms with E-state index < -0.39 is 0 Å². The number of methoxy groups -OCH3 is 1. The van der Waals surface area contributed by atoms with Gasteiger partial charge in [-0.1, -0.05) is 24.6 Å². The van der Waals surface area contributed by atoms with Gasteiger partial charge in [0.05, 0.1) is 13.7 Å². The normalized spacial score (nSPS) is 12.3. The van der Waals surface area contributed by atoms with Crippen molar-refractivity contribution in [2.24, 2.45) is 0 Å². The number of aryl methyl sites for hydroxylation is 1. The summed E-state index contributed by atoms with van der Waals surface area (Å²) in [7, 11) is 3.61. The third kappa shape index (κ3) is 5.21. The molecular formula is C16H26N2O2. The summed E-state index contributed by atoms with van der Waals surface area (Å²) in [4.78, 5) is 13.8. The van der Waals surface area contributed by atoms with Crippen molar-refractivity contribution in [1.29, 1.82) is 0 Å². The first-order valence-corrected chi connectivity index (χ1v) is 7.07. The molecule has 0 fully saturated rings. The first-order valence-electron chi connectivity index (χ1n) is 7.07. The van der Waals surface area contributed by atoms with Crippen LogP contribution in [0.2, 0.25) is 0 Å². The van der Waals surface area contributed by atoms with Crippen LogP contribution in [0.5, 0.6) is 5.75 Å². The molecule has 0 aliphatic carbocycles. The molecular weight excluding hydrogens is 252 g/mol. The lowest BCUT2D eigenvalue weighted by atomic mass is 10.1. The highest BCUT2D eigenvalue weighted by Gasteiger charge is 2.11. The van der Waals surface area contributed by atoms with Crippen molar-refractivity contribution in [3.63, 3.8) is 0 Å². The Morgan fingerprint density at radius 3 is 2.75 bits per heavy atom. The maximum atomic E-state index is 11.9. The van der Waals surface area contributed by atoms with E-state index in [1.807, 2.05) is 31.0 Å². The highest BCUT2D eigenvalue weighted by atomic mass is 16.5. The summed E-state index contributed by atoms with van der Waals surface area (Å²) in [5.74, 6) is 0.929. The van der Waals surface area contributed by atoms with Crippen molar-refractivity contribution in [2.45, 2.75) is 39.8 Å². The van der Waals surface area contributed by atoms with E-state index in [0.717, 1.165) is 17.7 Å². The average Bonchev–Trinajstić information content (AvgIpc) is 2.38. The van der Waals surface area contributed by atoms with Crippen LogP contribution in [-0.4, -0.2) is 37.6 Å². The second-order valence-electron chi connectivity index (χ2n) is 5.36. The van der Waals surface area contributed by atoms with E-state index in [1.54, 1.807) is 7.11 Å². The van der Waals surface area contributed by atoms with Crippen molar-refractivity contribution in [2.75, 3.05) is 20.7 Å². The summed E-state index contributed by atoms with van der Waals surface area (Å²) < 4.78 is 5.36. The van der Waals surface area contributed by atoms with Gasteiger partial charge >= 0.3 is 0 Å². The van der Waals surface area contributed by atoms with Gasteiger partial charge < -0.3 is 10.1 Å². The summed E-state index contributed by atoms with van der Waals surface area (Å²) in [6.45, 7) is 7.21. The molecule has 1 aromatic rings. The predicted molar refractivity (Wildman–Crippen MR) is 82.0 cm³/mol. The van der Waals surface area contributed by atoms with Crippen LogP contribution in [0, 0.1) is 6.92 Å². The SMILES string of the molecule is CC[C@H](C)NC(=O)CN(C)Cc1cc(C)ccc1OC. The third-order valence-electron chi connectivity index (χ3n) is 3.31. The van der Waals surface area contributed by atoms with E-state index >= 15 is 0 Å². The molecule has 4 nitrogen and oxygen atoms in total. The van der Waals surface area contributed by atoms with Gasteiger partial charge in [0, 0.05) is 18.2 Å². The van der Waals surface area contributed by atoms with Gasteiger partial charge in [-0.2, -0.15) is 0 Å². The van der Waals surface area contributed by atoms with Gasteiger partial charge in [0.25, 0.3) is 0 Å². The molecule has 0 aliphatic rings. The minimum atomic E-state index is 0.0634. The lowest BCUT2D eigenvalue weighted by Crippen LogP contribution is -2.39. The molecule has 0 unspecified atom stereocenters. The third-order valence-corrected chi connectivity index (χ3v) is 3.31. The fourth-order valence-electron chi connectivity index (χ4n) is 2.05. The fraction of sp³-hybridized carbons (Fsp3) is 0.562. The lowest BCUT2D eigenvalue weighted by molar-refractivity contribution is -0.122. The Hall–Kier alpha value is -1.55. The second kappa shape index (κ2) is 7.90. The second-order valence-corrected chi connectivity index (χ2v) is 5.36. The minimum absolute atomic E-state index is 0.0634. The van der Waals surface area contributed by atoms with E-state index in [2.05, 4.69) is 25.2 Å². The van der Waals surface area contributed by atoms with E-state index in [4.69, 9.17) is 4.74 Å². The van der Waals surface area contributed by atoms with Gasteiger partial charge in [-0.3, -0.25) is 9.69 Å². The Kier molecular flexibility index (Phi) is 6.52. The number of nitrogens with zero attached hydrogens (tertiary/aromatic N) is 1. The molecule has 1 amide bonds. The lowest BCUT2D eigenvalue weighted by Gasteiger charge is -2.19. The summed E-state index contributed by atoms with van der Waals surface area (Å²) >= 11 is 0. The Morgan fingerprint density at radius 2 is 2.15 bits per heavy atom. The number of benzene rings is 1. The maximum absolute atomic E-state index is 11.9. The van der Waals surface area contributed by atoms with Crippen LogP contribution in [-0.2, 0) is 11.3 Å². The smallest absolute Gasteiger partial charge is 0.234 e. The molecule has 0 spiro atoms. The van der Waals surface area contributed by atoms with Gasteiger partial charge in [-0.15, -0.1) is 0 Å². The van der Waals surface area contributed by atoms with Gasteiger partial charge in [0.1, 0.15) is 5.75 Å². The number of amides is 1. The van der Waals surface area contributed by atoms with Crippen molar-refractivity contribution >= 4 is 5.91 Å². The number of carbonyl (C=O) groups is 1. The highest BCUT2D eigenvalue weighted by molar-refractivity contribution is 5.78. The van der Waals surface area contributed by atoms with Gasteiger partial charge in [-0.25, -0.2) is 0 Å². The highest BCUT2D eigenvalue weighted by Crippen LogP contribution is 2.20. The first kappa shape index (κ1) is 16.5. The van der Waals surface area contributed by atoms with Crippen molar-refractivity contribution in [3.05, 3.63) is 29.3 Å². The molecule has 0 saturated carbocycles. The predicted octanol–water partition coefficient (Wildman–Crippen LogP) is 2.35. The summed E-state index contributed by atoms with van der Waals surface area (Å²) in [6, 6.07) is 6.32. The molecule has 1 N–H and O–H groups in total. The zero-order valence-electron chi connectivity index (χ0n) is 13.2. The van der Waals surface area contributed by atoms with E-state index in [-0.39, 0.29) is 11.9 Å². The summed E-state index contributed by atoms with van der Waals surface area (Å²) in [6.07, 6.45) is 0.946. The van der Waals surface area contributed by atoms with Crippen molar-refractivity contribution < 1.29 is 9.53 Å². The zero-order chi connectivity index (χ0) is 15.1. The van der Waals surface area contributed by atoms with Crippen LogP contribution in [0.25, 0.3) is 0 Å². The molecule has 20 heavy (non-hydrogen) atoms. The first-order chi connectivity index (χ1) is 9.46. The number of ether oxygens (including phenoxy) is 1. The van der Waals surface area contributed by atoms with Crippen LogP contribution in [0.3, 0.4) is 0 Å². The number of nitrogens with one attached hydrogen (secondary N) is 1. The Balaban J connectivity index is 2.60. The maximum Gasteiger partial charge on any atom is 0.234 e. The molecule has 0 saturated heterocycles. The topological polar surface area (TPSA) is 41.6 Å². The van der Waals surface area contributed by atoms with Crippen molar-refractivity contribution in [3.8, 4) is 5.75 Å². The monoisotopic (exact) mass is 278 g/mol. The average molecular weight is 278 g/mol. The molecule has 0 aliphatic heterocycles. The summed E-state index contributed by atoms with van der Waals surface area (Å²) in [5, 5.41) is 2.97. The van der Waals surface area contributed by atoms with E-state index in [0.29, 0.717) is 13.1 Å². The van der Waals surface area contributed by atoms with Gasteiger partial charge in [0.15, 0.2) is 0 Å². The van der Waals surface area contributed by atoms with Crippen LogP contribution < -0.4 is 10.1 Å². The van der Waals surface area contributed by atoms with Crippen LogP contribution in [0.1, 0.15) is 31.4 Å². The molecule has 0 aromatic heterocycles. The summed E-state index contributed by atoms with van der Waals surface area (Å²) in [5.41, 5.74) is 2.30. The number of hydrogen-bond acceptors (Lipinski definition) is 3. The minimum Gasteiger partial charge on any atom is -0.496 e. The molecule has 0 bridgehead atoms. The molecule has 1 aromatic carbocycles. The van der Waals surface area contributed by atoms with Crippen LogP contribution in [0.4, 0.5) is 0 Å². The molecule has 0 radical (unpaired) electrons. The Morgan fingerprint density at radius 1 is 1.45 bits per heavy atom. The fourth-order valence-corrected chi connectivity index (χ4v) is 2.05. The quantitative estimate of drug-likeness (QED) is 0.832. The Labute approximate surface area is 122 Å². The van der Waals surface area contributed by atoms with Crippen molar-refractivity contribution in [1.82, 2.24) is 10.2 Å². The van der Waals surface area contributed by atoms with Crippen LogP contribution >= 0.6 is 0 Å². The number of hydrogen-bond donors (Lipinski definition) is 1. The Bertz CT molecular complexity index is 446. The number of rotatable bonds is 7. The van der Waals surface area contributed by atoms with Crippen LogP contribution in [0.15, 0.2) is 18.2 Å². The van der Waals surface area contributed by atoms with E-state index in [9.17, 15) is 4.79 Å². The molecule has 0 heterocycles. The standard InChI is InChI=1S/C16H26N2O2/c1-6-13(3)17-16(19)11-18(4)10-14-9-12(2)7-8-15(14)20-5/h7-9,13H,6,10-11H2,1-5H3,(H,17,19)/t13-/m0/s1. The van der Waals surface area contributed by atoms with Gasteiger partial charge in [0.2, 0.25) is 5.91 Å². The van der Waals surface area contributed by atoms with E-state index in [1.165, 1.54) is 5.56 Å². The van der Waals surface area contributed by atoms with Gasteiger partial charge in [-0.05, 0) is 33.4 Å². The zero-order valence-corrected chi connectivity index (χ0v) is 13.2. The largest absolute Gasteiger partial charge is 0.496 e. The molecule has 4 heteroatoms. The molecule has 1 rings (SSSR count). The number of likely N-dealkylation sites (N-methyl/N-ethyl adjacent to an activating group) is 1. The molecule has 112 valence electrons. The molecule has 1 atom stereocenters. The number of carbonyl (C=O) groups excluding carboxylic acids is 1.